The maximum Gasteiger partial charge on any atom is 0.155 e. The molecule has 4 aromatic rings. The van der Waals surface area contributed by atoms with E-state index in [2.05, 4.69) is 5.10 Å². The highest BCUT2D eigenvalue weighted by atomic mass is 19.1. The lowest BCUT2D eigenvalue weighted by molar-refractivity contribution is 0.248. The topological polar surface area (TPSA) is 51.2 Å². The Kier molecular flexibility index (Phi) is 3.82. The second-order valence-corrected chi connectivity index (χ2v) is 5.68. The van der Waals surface area contributed by atoms with Crippen LogP contribution >= 0.6 is 0 Å². The molecule has 4 rings (SSSR count). The fraction of sp³-hybridized carbons (Fsp3) is 0.105. The monoisotopic (exact) mass is 340 g/mol. The molecule has 126 valence electrons. The van der Waals surface area contributed by atoms with Crippen LogP contribution in [0.3, 0.4) is 0 Å². The summed E-state index contributed by atoms with van der Waals surface area (Å²) >= 11 is 0. The van der Waals surface area contributed by atoms with E-state index in [1.54, 1.807) is 41.1 Å². The van der Waals surface area contributed by atoms with Crippen molar-refractivity contribution in [2.45, 2.75) is 13.2 Å². The molecule has 0 aliphatic carbocycles. The molecule has 25 heavy (non-hydrogen) atoms. The molecule has 4 nitrogen and oxygen atoms in total. The van der Waals surface area contributed by atoms with E-state index in [0.717, 1.165) is 0 Å². The zero-order valence-corrected chi connectivity index (χ0v) is 13.1. The first-order valence-corrected chi connectivity index (χ1v) is 7.75. The number of hydrogen-bond donors (Lipinski definition) is 1. The molecule has 0 saturated heterocycles. The van der Waals surface area contributed by atoms with Crippen LogP contribution < -0.4 is 0 Å². The number of aliphatic hydroxyl groups excluding tert-OH is 1. The predicted molar refractivity (Wildman–Crippen MR) is 88.8 cm³/mol. The highest BCUT2D eigenvalue weighted by Crippen LogP contribution is 2.30. The number of aliphatic hydroxyl groups is 1. The molecule has 0 unspecified atom stereocenters. The summed E-state index contributed by atoms with van der Waals surface area (Å²) in [7, 11) is 0. The third kappa shape index (κ3) is 2.81. The van der Waals surface area contributed by atoms with Crippen molar-refractivity contribution in [1.29, 1.82) is 0 Å². The fourth-order valence-electron chi connectivity index (χ4n) is 2.83. The van der Waals surface area contributed by atoms with Gasteiger partial charge in [0.15, 0.2) is 5.76 Å². The van der Waals surface area contributed by atoms with E-state index in [1.807, 2.05) is 0 Å². The molecule has 2 aromatic carbocycles. The SMILES string of the molecule is OCc1ccc(-c2nn(Cc3ccccc3F)c3ccc(F)cc23)o1. The van der Waals surface area contributed by atoms with Crippen LogP contribution in [0.4, 0.5) is 8.78 Å². The molecule has 0 bridgehead atoms. The molecular weight excluding hydrogens is 326 g/mol. The molecule has 0 atom stereocenters. The van der Waals surface area contributed by atoms with Gasteiger partial charge in [-0.25, -0.2) is 8.78 Å². The molecule has 0 fully saturated rings. The number of benzene rings is 2. The van der Waals surface area contributed by atoms with E-state index in [9.17, 15) is 8.78 Å². The van der Waals surface area contributed by atoms with E-state index in [-0.39, 0.29) is 19.0 Å². The minimum absolute atomic E-state index is 0.211. The summed E-state index contributed by atoms with van der Waals surface area (Å²) in [6.45, 7) is -0.0232. The van der Waals surface area contributed by atoms with Gasteiger partial charge in [-0.2, -0.15) is 5.10 Å². The Labute approximate surface area is 141 Å². The normalized spacial score (nSPS) is 11.3. The summed E-state index contributed by atoms with van der Waals surface area (Å²) in [6.07, 6.45) is 0. The van der Waals surface area contributed by atoms with Crippen molar-refractivity contribution < 1.29 is 18.3 Å². The lowest BCUT2D eigenvalue weighted by Crippen LogP contribution is -2.03. The van der Waals surface area contributed by atoms with Gasteiger partial charge < -0.3 is 9.52 Å². The number of furan rings is 1. The largest absolute Gasteiger partial charge is 0.457 e. The summed E-state index contributed by atoms with van der Waals surface area (Å²) in [5.74, 6) is 0.0960. The number of aromatic nitrogens is 2. The zero-order chi connectivity index (χ0) is 17.4. The van der Waals surface area contributed by atoms with E-state index in [1.165, 1.54) is 18.2 Å². The number of rotatable bonds is 4. The molecule has 2 aromatic heterocycles. The first kappa shape index (κ1) is 15.5. The van der Waals surface area contributed by atoms with Gasteiger partial charge in [-0.05, 0) is 36.4 Å². The molecule has 2 heterocycles. The maximum absolute atomic E-state index is 14.0. The minimum Gasteiger partial charge on any atom is -0.457 e. The van der Waals surface area contributed by atoms with Gasteiger partial charge in [-0.15, -0.1) is 0 Å². The Morgan fingerprint density at radius 2 is 1.88 bits per heavy atom. The minimum atomic E-state index is -0.395. The van der Waals surface area contributed by atoms with Crippen molar-refractivity contribution in [2.75, 3.05) is 0 Å². The van der Waals surface area contributed by atoms with Crippen LogP contribution in [0.25, 0.3) is 22.4 Å². The van der Waals surface area contributed by atoms with Gasteiger partial charge in [0.05, 0.1) is 12.1 Å². The van der Waals surface area contributed by atoms with Crippen LogP contribution in [0.1, 0.15) is 11.3 Å². The Morgan fingerprint density at radius 1 is 1.04 bits per heavy atom. The van der Waals surface area contributed by atoms with Crippen LogP contribution in [0.2, 0.25) is 0 Å². The Morgan fingerprint density at radius 3 is 2.64 bits per heavy atom. The number of fused-ring (bicyclic) bond motifs is 1. The van der Waals surface area contributed by atoms with Crippen molar-refractivity contribution >= 4 is 10.9 Å². The molecular formula is C19H14F2N2O2. The Hall–Kier alpha value is -2.99. The first-order valence-electron chi connectivity index (χ1n) is 7.75. The molecule has 0 amide bonds. The number of nitrogens with zero attached hydrogens (tertiary/aromatic N) is 2. The molecule has 0 aliphatic rings. The lowest BCUT2D eigenvalue weighted by Gasteiger charge is -2.05. The summed E-state index contributed by atoms with van der Waals surface area (Å²) in [6, 6.07) is 14.1. The summed E-state index contributed by atoms with van der Waals surface area (Å²) in [5.41, 5.74) is 1.60. The highest BCUT2D eigenvalue weighted by Gasteiger charge is 2.17. The smallest absolute Gasteiger partial charge is 0.155 e. The van der Waals surface area contributed by atoms with Crippen LogP contribution in [-0.2, 0) is 13.2 Å². The van der Waals surface area contributed by atoms with Gasteiger partial charge in [0.1, 0.15) is 29.7 Å². The maximum atomic E-state index is 14.0. The second-order valence-electron chi connectivity index (χ2n) is 5.68. The summed E-state index contributed by atoms with van der Waals surface area (Å²) < 4.78 is 34.9. The van der Waals surface area contributed by atoms with Crippen LogP contribution in [0, 0.1) is 11.6 Å². The molecule has 1 N–H and O–H groups in total. The van der Waals surface area contributed by atoms with E-state index < -0.39 is 5.82 Å². The van der Waals surface area contributed by atoms with Gasteiger partial charge in [0.2, 0.25) is 0 Å². The van der Waals surface area contributed by atoms with Crippen molar-refractivity contribution in [3.63, 3.8) is 0 Å². The van der Waals surface area contributed by atoms with Gasteiger partial charge in [-0.3, -0.25) is 4.68 Å². The van der Waals surface area contributed by atoms with Gasteiger partial charge in [-0.1, -0.05) is 18.2 Å². The van der Waals surface area contributed by atoms with Crippen molar-refractivity contribution in [3.05, 3.63) is 77.6 Å². The predicted octanol–water partition coefficient (Wildman–Crippen LogP) is 4.12. The van der Waals surface area contributed by atoms with E-state index >= 15 is 0 Å². The van der Waals surface area contributed by atoms with Crippen LogP contribution in [0.15, 0.2) is 59.0 Å². The summed E-state index contributed by atoms with van der Waals surface area (Å²) in [5, 5.41) is 14.2. The molecule has 0 spiro atoms. The Balaban J connectivity index is 1.86. The fourth-order valence-corrected chi connectivity index (χ4v) is 2.83. The molecule has 0 radical (unpaired) electrons. The lowest BCUT2D eigenvalue weighted by atomic mass is 10.1. The van der Waals surface area contributed by atoms with Crippen LogP contribution in [0.5, 0.6) is 0 Å². The number of hydrogen-bond acceptors (Lipinski definition) is 3. The third-order valence-electron chi connectivity index (χ3n) is 4.04. The van der Waals surface area contributed by atoms with Crippen LogP contribution in [-0.4, -0.2) is 14.9 Å². The average molecular weight is 340 g/mol. The van der Waals surface area contributed by atoms with Gasteiger partial charge in [0.25, 0.3) is 0 Å². The molecule has 6 heteroatoms. The number of halogens is 2. The van der Waals surface area contributed by atoms with Crippen molar-refractivity contribution in [2.24, 2.45) is 0 Å². The summed E-state index contributed by atoms with van der Waals surface area (Å²) in [4.78, 5) is 0. The van der Waals surface area contributed by atoms with E-state index in [4.69, 9.17) is 9.52 Å². The first-order chi connectivity index (χ1) is 12.2. The van der Waals surface area contributed by atoms with Crippen molar-refractivity contribution in [1.82, 2.24) is 9.78 Å². The van der Waals surface area contributed by atoms with E-state index in [0.29, 0.717) is 33.7 Å². The molecule has 0 aliphatic heterocycles. The second kappa shape index (κ2) is 6.14. The third-order valence-corrected chi connectivity index (χ3v) is 4.04. The quantitative estimate of drug-likeness (QED) is 0.608. The van der Waals surface area contributed by atoms with Crippen molar-refractivity contribution in [3.8, 4) is 11.5 Å². The standard InChI is InChI=1S/C19H14F2N2O2/c20-13-5-7-17-15(9-13)19(18-8-6-14(11-24)25-18)22-23(17)10-12-3-1-2-4-16(12)21/h1-9,24H,10-11H2. The van der Waals surface area contributed by atoms with Gasteiger partial charge in [0, 0.05) is 10.9 Å². The Bertz CT molecular complexity index is 1050. The molecule has 0 saturated carbocycles. The highest BCUT2D eigenvalue weighted by molar-refractivity contribution is 5.92. The average Bonchev–Trinajstić information content (AvgIpc) is 3.21. The zero-order valence-electron chi connectivity index (χ0n) is 13.1. The van der Waals surface area contributed by atoms with Gasteiger partial charge >= 0.3 is 0 Å².